The molecular formula is C21H32N4O. The summed E-state index contributed by atoms with van der Waals surface area (Å²) in [6, 6.07) is 10.7. The third kappa shape index (κ3) is 5.06. The number of aryl methyl sites for hydroxylation is 1. The Morgan fingerprint density at radius 1 is 1.27 bits per heavy atom. The summed E-state index contributed by atoms with van der Waals surface area (Å²) < 4.78 is 0. The van der Waals surface area contributed by atoms with Crippen molar-refractivity contribution in [2.24, 2.45) is 5.92 Å². The van der Waals surface area contributed by atoms with Crippen LogP contribution in [-0.4, -0.2) is 53.5 Å². The van der Waals surface area contributed by atoms with E-state index in [1.165, 1.54) is 11.1 Å². The summed E-state index contributed by atoms with van der Waals surface area (Å²) in [7, 11) is 0. The SMILES string of the molecule is Cc1cccc(CN2CCN([C@@H](C)C(=O)N[C@](C)(C#N)C(C)C)CC2)c1. The number of hydrogen-bond acceptors (Lipinski definition) is 4. The molecule has 5 heteroatoms. The molecule has 0 aliphatic carbocycles. The highest BCUT2D eigenvalue weighted by molar-refractivity contribution is 5.82. The third-order valence-electron chi connectivity index (χ3n) is 5.59. The van der Waals surface area contributed by atoms with Crippen LogP contribution in [0.25, 0.3) is 0 Å². The molecule has 1 aromatic carbocycles. The van der Waals surface area contributed by atoms with Crippen LogP contribution in [0.15, 0.2) is 24.3 Å². The Kier molecular flexibility index (Phi) is 6.80. The van der Waals surface area contributed by atoms with Gasteiger partial charge in [-0.1, -0.05) is 43.7 Å². The number of nitriles is 1. The number of nitrogens with one attached hydrogen (secondary N) is 1. The number of carbonyl (C=O) groups is 1. The average molecular weight is 357 g/mol. The lowest BCUT2D eigenvalue weighted by molar-refractivity contribution is -0.128. The van der Waals surface area contributed by atoms with Gasteiger partial charge in [0.1, 0.15) is 5.54 Å². The second-order valence-electron chi connectivity index (χ2n) is 7.94. The summed E-state index contributed by atoms with van der Waals surface area (Å²) in [6.45, 7) is 14.3. The van der Waals surface area contributed by atoms with Crippen molar-refractivity contribution in [1.82, 2.24) is 15.1 Å². The fourth-order valence-corrected chi connectivity index (χ4v) is 3.21. The Labute approximate surface area is 158 Å². The molecule has 1 fully saturated rings. The molecule has 1 heterocycles. The Balaban J connectivity index is 1.87. The molecule has 1 aliphatic heterocycles. The molecule has 0 radical (unpaired) electrons. The lowest BCUT2D eigenvalue weighted by Crippen LogP contribution is -2.58. The van der Waals surface area contributed by atoms with Crippen LogP contribution in [-0.2, 0) is 11.3 Å². The highest BCUT2D eigenvalue weighted by Gasteiger charge is 2.33. The van der Waals surface area contributed by atoms with Gasteiger partial charge in [0.05, 0.1) is 12.1 Å². The quantitative estimate of drug-likeness (QED) is 0.851. The molecule has 0 bridgehead atoms. The predicted octanol–water partition coefficient (Wildman–Crippen LogP) is 2.56. The topological polar surface area (TPSA) is 59.4 Å². The Bertz CT molecular complexity index is 658. The van der Waals surface area contributed by atoms with E-state index in [1.54, 1.807) is 6.92 Å². The van der Waals surface area contributed by atoms with Gasteiger partial charge in [-0.05, 0) is 32.3 Å². The van der Waals surface area contributed by atoms with E-state index < -0.39 is 5.54 Å². The van der Waals surface area contributed by atoms with Gasteiger partial charge in [-0.2, -0.15) is 5.26 Å². The van der Waals surface area contributed by atoms with Gasteiger partial charge in [-0.25, -0.2) is 0 Å². The summed E-state index contributed by atoms with van der Waals surface area (Å²) in [6.07, 6.45) is 0. The first kappa shape index (κ1) is 20.4. The lowest BCUT2D eigenvalue weighted by Gasteiger charge is -2.38. The highest BCUT2D eigenvalue weighted by atomic mass is 16.2. The maximum absolute atomic E-state index is 12.6. The summed E-state index contributed by atoms with van der Waals surface area (Å²) in [4.78, 5) is 17.3. The van der Waals surface area contributed by atoms with Gasteiger partial charge in [0.2, 0.25) is 5.91 Å². The zero-order valence-electron chi connectivity index (χ0n) is 16.7. The first-order valence-corrected chi connectivity index (χ1v) is 9.50. The summed E-state index contributed by atoms with van der Waals surface area (Å²) in [5, 5.41) is 12.3. The summed E-state index contributed by atoms with van der Waals surface area (Å²) >= 11 is 0. The molecule has 0 saturated carbocycles. The second kappa shape index (κ2) is 8.66. The van der Waals surface area contributed by atoms with Gasteiger partial charge < -0.3 is 5.32 Å². The van der Waals surface area contributed by atoms with Crippen molar-refractivity contribution in [3.05, 3.63) is 35.4 Å². The number of nitrogens with zero attached hydrogens (tertiary/aromatic N) is 3. The Morgan fingerprint density at radius 2 is 1.92 bits per heavy atom. The van der Waals surface area contributed by atoms with Crippen molar-refractivity contribution < 1.29 is 4.79 Å². The minimum Gasteiger partial charge on any atom is -0.336 e. The van der Waals surface area contributed by atoms with E-state index in [-0.39, 0.29) is 17.9 Å². The molecule has 26 heavy (non-hydrogen) atoms. The van der Waals surface area contributed by atoms with Crippen molar-refractivity contribution in [2.45, 2.75) is 52.7 Å². The van der Waals surface area contributed by atoms with Crippen LogP contribution in [0.3, 0.4) is 0 Å². The molecule has 1 N–H and O–H groups in total. The molecular weight excluding hydrogens is 324 g/mol. The van der Waals surface area contributed by atoms with Crippen LogP contribution in [0, 0.1) is 24.2 Å². The average Bonchev–Trinajstić information content (AvgIpc) is 2.61. The number of piperazine rings is 1. The number of benzene rings is 1. The van der Waals surface area contributed by atoms with E-state index in [4.69, 9.17) is 0 Å². The van der Waals surface area contributed by atoms with Crippen molar-refractivity contribution in [1.29, 1.82) is 5.26 Å². The van der Waals surface area contributed by atoms with Crippen molar-refractivity contribution in [2.75, 3.05) is 26.2 Å². The second-order valence-corrected chi connectivity index (χ2v) is 7.94. The number of amides is 1. The van der Waals surface area contributed by atoms with E-state index in [1.807, 2.05) is 20.8 Å². The van der Waals surface area contributed by atoms with E-state index in [0.29, 0.717) is 0 Å². The van der Waals surface area contributed by atoms with Crippen molar-refractivity contribution in [3.63, 3.8) is 0 Å². The smallest absolute Gasteiger partial charge is 0.238 e. The van der Waals surface area contributed by atoms with Gasteiger partial charge >= 0.3 is 0 Å². The lowest BCUT2D eigenvalue weighted by atomic mass is 9.89. The number of hydrogen-bond donors (Lipinski definition) is 1. The summed E-state index contributed by atoms with van der Waals surface area (Å²) in [5.41, 5.74) is 1.81. The van der Waals surface area contributed by atoms with Crippen LogP contribution in [0.1, 0.15) is 38.8 Å². The van der Waals surface area contributed by atoms with Crippen LogP contribution < -0.4 is 5.32 Å². The van der Waals surface area contributed by atoms with E-state index >= 15 is 0 Å². The molecule has 2 atom stereocenters. The molecule has 1 saturated heterocycles. The summed E-state index contributed by atoms with van der Waals surface area (Å²) in [5.74, 6) is 0.00436. The van der Waals surface area contributed by atoms with Crippen LogP contribution >= 0.6 is 0 Å². The molecule has 5 nitrogen and oxygen atoms in total. The van der Waals surface area contributed by atoms with Crippen molar-refractivity contribution in [3.8, 4) is 6.07 Å². The maximum atomic E-state index is 12.6. The monoisotopic (exact) mass is 356 g/mol. The molecule has 1 aliphatic rings. The third-order valence-corrected chi connectivity index (χ3v) is 5.59. The van der Waals surface area contributed by atoms with Crippen LogP contribution in [0.2, 0.25) is 0 Å². The molecule has 2 rings (SSSR count). The minimum atomic E-state index is -0.821. The maximum Gasteiger partial charge on any atom is 0.238 e. The Morgan fingerprint density at radius 3 is 2.46 bits per heavy atom. The van der Waals surface area contributed by atoms with E-state index in [0.717, 1.165) is 32.7 Å². The fourth-order valence-electron chi connectivity index (χ4n) is 3.21. The van der Waals surface area contributed by atoms with Crippen LogP contribution in [0.4, 0.5) is 0 Å². The van der Waals surface area contributed by atoms with Crippen LogP contribution in [0.5, 0.6) is 0 Å². The highest BCUT2D eigenvalue weighted by Crippen LogP contribution is 2.17. The fraction of sp³-hybridized carbons (Fsp3) is 0.619. The molecule has 0 unspecified atom stereocenters. The zero-order valence-corrected chi connectivity index (χ0v) is 16.7. The number of carbonyl (C=O) groups excluding carboxylic acids is 1. The molecule has 1 aromatic rings. The molecule has 1 amide bonds. The molecule has 0 aromatic heterocycles. The normalized spacial score (nSPS) is 19.6. The Hall–Kier alpha value is -1.90. The van der Waals surface area contributed by atoms with E-state index in [2.05, 4.69) is 52.4 Å². The predicted molar refractivity (Wildman–Crippen MR) is 104 cm³/mol. The zero-order chi connectivity index (χ0) is 19.3. The molecule has 142 valence electrons. The van der Waals surface area contributed by atoms with Gasteiger partial charge in [0.15, 0.2) is 0 Å². The van der Waals surface area contributed by atoms with Gasteiger partial charge in [-0.3, -0.25) is 14.6 Å². The number of rotatable bonds is 6. The van der Waals surface area contributed by atoms with E-state index in [9.17, 15) is 10.1 Å². The van der Waals surface area contributed by atoms with Gasteiger partial charge in [0, 0.05) is 32.7 Å². The molecule has 0 spiro atoms. The first-order chi connectivity index (χ1) is 12.2. The van der Waals surface area contributed by atoms with Gasteiger partial charge in [-0.15, -0.1) is 0 Å². The largest absolute Gasteiger partial charge is 0.336 e. The van der Waals surface area contributed by atoms with Gasteiger partial charge in [0.25, 0.3) is 0 Å². The standard InChI is InChI=1S/C21H32N4O/c1-16(2)21(5,15-22)23-20(26)18(4)25-11-9-24(10-12-25)14-19-8-6-7-17(3)13-19/h6-8,13,16,18H,9-12,14H2,1-5H3,(H,23,26)/t18-,21+/m0/s1. The minimum absolute atomic E-state index is 0.0603. The van der Waals surface area contributed by atoms with Crippen molar-refractivity contribution >= 4 is 5.91 Å². The first-order valence-electron chi connectivity index (χ1n) is 9.50.